The molecule has 1 aliphatic rings. The van der Waals surface area contributed by atoms with Crippen LogP contribution in [0, 0.1) is 13.8 Å². The summed E-state index contributed by atoms with van der Waals surface area (Å²) in [5.74, 6) is 0.0576. The highest BCUT2D eigenvalue weighted by atomic mass is 16.4. The van der Waals surface area contributed by atoms with E-state index >= 15 is 0 Å². The Balaban J connectivity index is 2.28. The standard InChI is InChI=1S/C14H19N3O2/c1-9-5-6-11(10(2)8-9)14(18)17-7-3-4-12(17)13(15)16-19/h5-6,8,12,19H,3-4,7H2,1-2H3,(H2,15,16). The number of benzene rings is 1. The number of aryl methyl sites for hydroxylation is 2. The average Bonchev–Trinajstić information content (AvgIpc) is 2.86. The Bertz CT molecular complexity index is 525. The molecule has 1 fully saturated rings. The molecule has 0 radical (unpaired) electrons. The van der Waals surface area contributed by atoms with Gasteiger partial charge in [0.1, 0.15) is 0 Å². The predicted octanol–water partition coefficient (Wildman–Crippen LogP) is 1.65. The number of carbonyl (C=O) groups excluding carboxylic acids is 1. The van der Waals surface area contributed by atoms with E-state index in [0.717, 1.165) is 24.0 Å². The Hall–Kier alpha value is -2.04. The maximum atomic E-state index is 12.5. The van der Waals surface area contributed by atoms with Gasteiger partial charge in [0, 0.05) is 12.1 Å². The van der Waals surface area contributed by atoms with E-state index in [1.54, 1.807) is 4.90 Å². The smallest absolute Gasteiger partial charge is 0.254 e. The first kappa shape index (κ1) is 13.4. The third-order valence-electron chi connectivity index (χ3n) is 3.58. The van der Waals surface area contributed by atoms with Gasteiger partial charge in [0.2, 0.25) is 0 Å². The van der Waals surface area contributed by atoms with E-state index in [9.17, 15) is 4.79 Å². The van der Waals surface area contributed by atoms with Gasteiger partial charge in [0.15, 0.2) is 5.84 Å². The zero-order valence-electron chi connectivity index (χ0n) is 11.3. The Labute approximate surface area is 112 Å². The highest BCUT2D eigenvalue weighted by Gasteiger charge is 2.32. The summed E-state index contributed by atoms with van der Waals surface area (Å²) in [6.45, 7) is 4.57. The summed E-state index contributed by atoms with van der Waals surface area (Å²) < 4.78 is 0. The molecule has 1 heterocycles. The Morgan fingerprint density at radius 1 is 1.47 bits per heavy atom. The molecule has 5 heteroatoms. The van der Waals surface area contributed by atoms with E-state index in [1.165, 1.54) is 0 Å². The quantitative estimate of drug-likeness (QED) is 0.368. The second kappa shape index (κ2) is 5.30. The van der Waals surface area contributed by atoms with E-state index in [0.29, 0.717) is 12.1 Å². The molecule has 2 rings (SSSR count). The molecule has 0 saturated carbocycles. The molecule has 3 N–H and O–H groups in total. The van der Waals surface area contributed by atoms with Crippen LogP contribution >= 0.6 is 0 Å². The van der Waals surface area contributed by atoms with Gasteiger partial charge >= 0.3 is 0 Å². The molecule has 1 aliphatic heterocycles. The maximum Gasteiger partial charge on any atom is 0.254 e. The summed E-state index contributed by atoms with van der Waals surface area (Å²) in [6.07, 6.45) is 1.62. The Kier molecular flexibility index (Phi) is 3.74. The molecule has 0 aromatic heterocycles. The molecule has 102 valence electrons. The highest BCUT2D eigenvalue weighted by Crippen LogP contribution is 2.22. The van der Waals surface area contributed by atoms with Crippen LogP contribution in [-0.2, 0) is 0 Å². The van der Waals surface area contributed by atoms with Crippen molar-refractivity contribution in [2.24, 2.45) is 10.9 Å². The number of hydrogen-bond acceptors (Lipinski definition) is 3. The van der Waals surface area contributed by atoms with Crippen molar-refractivity contribution >= 4 is 11.7 Å². The SMILES string of the molecule is Cc1ccc(C(=O)N2CCCC2C(N)=NO)c(C)c1. The van der Waals surface area contributed by atoms with Crippen molar-refractivity contribution in [2.75, 3.05) is 6.54 Å². The topological polar surface area (TPSA) is 78.9 Å². The molecule has 0 bridgehead atoms. The van der Waals surface area contributed by atoms with Crippen LogP contribution in [0.2, 0.25) is 0 Å². The minimum absolute atomic E-state index is 0.0494. The lowest BCUT2D eigenvalue weighted by molar-refractivity contribution is 0.0767. The summed E-state index contributed by atoms with van der Waals surface area (Å²) in [6, 6.07) is 5.46. The summed E-state index contributed by atoms with van der Waals surface area (Å²) in [4.78, 5) is 14.2. The molecule has 0 aliphatic carbocycles. The van der Waals surface area contributed by atoms with Crippen molar-refractivity contribution in [3.05, 3.63) is 34.9 Å². The van der Waals surface area contributed by atoms with Crippen LogP contribution in [0.3, 0.4) is 0 Å². The van der Waals surface area contributed by atoms with Crippen molar-refractivity contribution in [3.8, 4) is 0 Å². The van der Waals surface area contributed by atoms with E-state index < -0.39 is 0 Å². The van der Waals surface area contributed by atoms with E-state index in [-0.39, 0.29) is 17.8 Å². The lowest BCUT2D eigenvalue weighted by atomic mass is 10.0. The van der Waals surface area contributed by atoms with Crippen molar-refractivity contribution in [1.29, 1.82) is 0 Å². The largest absolute Gasteiger partial charge is 0.409 e. The number of oxime groups is 1. The molecule has 0 spiro atoms. The number of carbonyl (C=O) groups is 1. The fourth-order valence-electron chi connectivity index (χ4n) is 2.59. The van der Waals surface area contributed by atoms with Crippen LogP contribution in [-0.4, -0.2) is 34.4 Å². The first-order chi connectivity index (χ1) is 9.04. The number of nitrogens with two attached hydrogens (primary N) is 1. The van der Waals surface area contributed by atoms with Crippen LogP contribution < -0.4 is 5.73 Å². The second-order valence-electron chi connectivity index (χ2n) is 5.00. The van der Waals surface area contributed by atoms with Gasteiger partial charge in [-0.15, -0.1) is 0 Å². The van der Waals surface area contributed by atoms with Crippen LogP contribution in [0.4, 0.5) is 0 Å². The number of likely N-dealkylation sites (tertiary alicyclic amines) is 1. The Morgan fingerprint density at radius 2 is 2.21 bits per heavy atom. The zero-order chi connectivity index (χ0) is 14.0. The number of amidine groups is 1. The van der Waals surface area contributed by atoms with Crippen LogP contribution in [0.1, 0.15) is 34.3 Å². The number of nitrogens with zero attached hydrogens (tertiary/aromatic N) is 2. The van der Waals surface area contributed by atoms with Gasteiger partial charge in [-0.2, -0.15) is 0 Å². The van der Waals surface area contributed by atoms with E-state index in [2.05, 4.69) is 5.16 Å². The third kappa shape index (κ3) is 2.54. The minimum Gasteiger partial charge on any atom is -0.409 e. The van der Waals surface area contributed by atoms with Crippen molar-refractivity contribution in [2.45, 2.75) is 32.7 Å². The fourth-order valence-corrected chi connectivity index (χ4v) is 2.59. The van der Waals surface area contributed by atoms with Gasteiger partial charge in [0.05, 0.1) is 6.04 Å². The number of amides is 1. The lowest BCUT2D eigenvalue weighted by Crippen LogP contribution is -2.44. The molecular formula is C14H19N3O2. The molecular weight excluding hydrogens is 242 g/mol. The van der Waals surface area contributed by atoms with Crippen molar-refractivity contribution in [3.63, 3.8) is 0 Å². The minimum atomic E-state index is -0.293. The first-order valence-corrected chi connectivity index (χ1v) is 6.40. The summed E-state index contributed by atoms with van der Waals surface area (Å²) >= 11 is 0. The lowest BCUT2D eigenvalue weighted by Gasteiger charge is -2.24. The van der Waals surface area contributed by atoms with Gasteiger partial charge in [-0.3, -0.25) is 4.79 Å². The van der Waals surface area contributed by atoms with Crippen molar-refractivity contribution < 1.29 is 10.0 Å². The van der Waals surface area contributed by atoms with E-state index in [4.69, 9.17) is 10.9 Å². The van der Waals surface area contributed by atoms with E-state index in [1.807, 2.05) is 32.0 Å². The molecule has 5 nitrogen and oxygen atoms in total. The molecule has 1 saturated heterocycles. The van der Waals surface area contributed by atoms with Gasteiger partial charge in [-0.25, -0.2) is 0 Å². The second-order valence-corrected chi connectivity index (χ2v) is 5.00. The normalized spacial score (nSPS) is 19.8. The molecule has 1 aromatic carbocycles. The van der Waals surface area contributed by atoms with Crippen LogP contribution in [0.5, 0.6) is 0 Å². The maximum absolute atomic E-state index is 12.5. The molecule has 1 atom stereocenters. The molecule has 1 unspecified atom stereocenters. The number of hydrogen-bond donors (Lipinski definition) is 2. The zero-order valence-corrected chi connectivity index (χ0v) is 11.3. The van der Waals surface area contributed by atoms with Crippen LogP contribution in [0.25, 0.3) is 0 Å². The predicted molar refractivity (Wildman–Crippen MR) is 73.4 cm³/mol. The molecule has 19 heavy (non-hydrogen) atoms. The van der Waals surface area contributed by atoms with Crippen LogP contribution in [0.15, 0.2) is 23.4 Å². The van der Waals surface area contributed by atoms with Crippen molar-refractivity contribution in [1.82, 2.24) is 4.90 Å². The van der Waals surface area contributed by atoms with Gasteiger partial charge in [-0.05, 0) is 38.3 Å². The molecule has 1 amide bonds. The molecule has 1 aromatic rings. The fraction of sp³-hybridized carbons (Fsp3) is 0.429. The number of rotatable bonds is 2. The Morgan fingerprint density at radius 3 is 2.84 bits per heavy atom. The van der Waals surface area contributed by atoms with Gasteiger partial charge in [-0.1, -0.05) is 22.9 Å². The summed E-state index contributed by atoms with van der Waals surface area (Å²) in [5, 5.41) is 11.8. The van der Waals surface area contributed by atoms with Gasteiger partial charge in [0.25, 0.3) is 5.91 Å². The monoisotopic (exact) mass is 261 g/mol. The third-order valence-corrected chi connectivity index (χ3v) is 3.58. The first-order valence-electron chi connectivity index (χ1n) is 6.40. The average molecular weight is 261 g/mol. The summed E-state index contributed by atoms with van der Waals surface area (Å²) in [5.41, 5.74) is 8.42. The highest BCUT2D eigenvalue weighted by molar-refractivity contribution is 5.99. The summed E-state index contributed by atoms with van der Waals surface area (Å²) in [7, 11) is 0. The van der Waals surface area contributed by atoms with Gasteiger partial charge < -0.3 is 15.8 Å².